The Hall–Kier alpha value is -1.40. The Kier molecular flexibility index (Phi) is 3.61. The van der Waals surface area contributed by atoms with Gasteiger partial charge in [0, 0.05) is 17.6 Å². The predicted octanol–water partition coefficient (Wildman–Crippen LogP) is 2.26. The lowest BCUT2D eigenvalue weighted by atomic mass is 10.2. The molecule has 0 amide bonds. The minimum Gasteiger partial charge on any atom is -0.496 e. The molecule has 0 aliphatic rings. The Labute approximate surface area is 88.5 Å². The Bertz CT molecular complexity index is 360. The van der Waals surface area contributed by atoms with Crippen molar-refractivity contribution in [3.8, 4) is 11.9 Å². The van der Waals surface area contributed by atoms with Gasteiger partial charge >= 0.3 is 0 Å². The molecular formula is C10H11ClN2O. The Morgan fingerprint density at radius 1 is 1.57 bits per heavy atom. The Balaban J connectivity index is 2.94. The van der Waals surface area contributed by atoms with Crippen molar-refractivity contribution in [3.05, 3.63) is 28.8 Å². The van der Waals surface area contributed by atoms with E-state index in [0.717, 1.165) is 11.3 Å². The van der Waals surface area contributed by atoms with Gasteiger partial charge in [-0.05, 0) is 18.2 Å². The van der Waals surface area contributed by atoms with E-state index in [1.165, 1.54) is 4.90 Å². The molecular weight excluding hydrogens is 200 g/mol. The van der Waals surface area contributed by atoms with Gasteiger partial charge in [0.1, 0.15) is 5.75 Å². The minimum atomic E-state index is 0.500. The highest BCUT2D eigenvalue weighted by atomic mass is 35.5. The maximum Gasteiger partial charge on any atom is 0.179 e. The summed E-state index contributed by atoms with van der Waals surface area (Å²) in [5, 5.41) is 9.28. The van der Waals surface area contributed by atoms with Crippen LogP contribution in [0.3, 0.4) is 0 Å². The van der Waals surface area contributed by atoms with E-state index in [-0.39, 0.29) is 0 Å². The van der Waals surface area contributed by atoms with Crippen molar-refractivity contribution in [1.29, 1.82) is 5.26 Å². The molecule has 0 saturated carbocycles. The molecule has 74 valence electrons. The van der Waals surface area contributed by atoms with E-state index >= 15 is 0 Å². The van der Waals surface area contributed by atoms with E-state index < -0.39 is 0 Å². The fourth-order valence-corrected chi connectivity index (χ4v) is 1.36. The minimum absolute atomic E-state index is 0.500. The van der Waals surface area contributed by atoms with Gasteiger partial charge in [0.15, 0.2) is 6.19 Å². The predicted molar refractivity (Wildman–Crippen MR) is 55.1 cm³/mol. The lowest BCUT2D eigenvalue weighted by Crippen LogP contribution is -2.10. The molecule has 3 nitrogen and oxygen atoms in total. The Morgan fingerprint density at radius 2 is 2.29 bits per heavy atom. The van der Waals surface area contributed by atoms with Crippen molar-refractivity contribution < 1.29 is 4.74 Å². The zero-order valence-corrected chi connectivity index (χ0v) is 8.88. The van der Waals surface area contributed by atoms with Gasteiger partial charge in [-0.1, -0.05) is 11.6 Å². The third-order valence-corrected chi connectivity index (χ3v) is 2.06. The van der Waals surface area contributed by atoms with E-state index in [4.69, 9.17) is 21.6 Å². The van der Waals surface area contributed by atoms with E-state index in [1.54, 1.807) is 32.4 Å². The number of rotatable bonds is 3. The summed E-state index contributed by atoms with van der Waals surface area (Å²) in [6.45, 7) is 0.500. The highest BCUT2D eigenvalue weighted by molar-refractivity contribution is 6.30. The fourth-order valence-electron chi connectivity index (χ4n) is 1.16. The zero-order chi connectivity index (χ0) is 10.6. The van der Waals surface area contributed by atoms with Gasteiger partial charge in [-0.3, -0.25) is 0 Å². The van der Waals surface area contributed by atoms with Crippen LogP contribution >= 0.6 is 11.6 Å². The van der Waals surface area contributed by atoms with Gasteiger partial charge in [0.25, 0.3) is 0 Å². The number of hydrogen-bond donors (Lipinski definition) is 0. The van der Waals surface area contributed by atoms with Gasteiger partial charge in [-0.2, -0.15) is 5.26 Å². The summed E-state index contributed by atoms with van der Waals surface area (Å²) >= 11 is 5.84. The summed E-state index contributed by atoms with van der Waals surface area (Å²) in [7, 11) is 3.31. The SMILES string of the molecule is COc1ccc(Cl)cc1CN(C)C#N. The molecule has 0 radical (unpaired) electrons. The molecule has 0 atom stereocenters. The topological polar surface area (TPSA) is 36.3 Å². The van der Waals surface area contributed by atoms with Crippen LogP contribution in [0.1, 0.15) is 5.56 Å². The quantitative estimate of drug-likeness (QED) is 0.567. The second-order valence-corrected chi connectivity index (χ2v) is 3.35. The number of halogens is 1. The van der Waals surface area contributed by atoms with Crippen LogP contribution in [-0.4, -0.2) is 19.1 Å². The molecule has 1 aromatic rings. The Morgan fingerprint density at radius 3 is 2.86 bits per heavy atom. The first kappa shape index (κ1) is 10.7. The van der Waals surface area contributed by atoms with Gasteiger partial charge in [-0.25, -0.2) is 0 Å². The third kappa shape index (κ3) is 2.54. The number of ether oxygens (including phenoxy) is 1. The van der Waals surface area contributed by atoms with Crippen molar-refractivity contribution in [2.45, 2.75) is 6.54 Å². The van der Waals surface area contributed by atoms with Crippen LogP contribution in [0.25, 0.3) is 0 Å². The first-order chi connectivity index (χ1) is 6.67. The van der Waals surface area contributed by atoms with E-state index in [1.807, 2.05) is 6.19 Å². The van der Waals surface area contributed by atoms with E-state index in [2.05, 4.69) is 0 Å². The van der Waals surface area contributed by atoms with Crippen LogP contribution in [0, 0.1) is 11.5 Å². The molecule has 0 saturated heterocycles. The summed E-state index contributed by atoms with van der Waals surface area (Å²) in [6, 6.07) is 5.35. The molecule has 0 aromatic heterocycles. The van der Waals surface area contributed by atoms with Crippen LogP contribution in [-0.2, 0) is 6.54 Å². The van der Waals surface area contributed by atoms with Gasteiger partial charge in [0.05, 0.1) is 13.7 Å². The average molecular weight is 211 g/mol. The molecule has 0 aliphatic heterocycles. The molecule has 14 heavy (non-hydrogen) atoms. The van der Waals surface area contributed by atoms with Crippen LogP contribution < -0.4 is 4.74 Å². The van der Waals surface area contributed by atoms with E-state index in [0.29, 0.717) is 11.6 Å². The summed E-state index contributed by atoms with van der Waals surface area (Å²) < 4.78 is 5.15. The van der Waals surface area contributed by atoms with Crippen molar-refractivity contribution in [2.75, 3.05) is 14.2 Å². The number of nitriles is 1. The van der Waals surface area contributed by atoms with Crippen molar-refractivity contribution in [3.63, 3.8) is 0 Å². The monoisotopic (exact) mass is 210 g/mol. The third-order valence-electron chi connectivity index (χ3n) is 1.82. The average Bonchev–Trinajstić information content (AvgIpc) is 2.18. The molecule has 0 fully saturated rings. The maximum atomic E-state index is 8.63. The number of methoxy groups -OCH3 is 1. The summed E-state index contributed by atoms with van der Waals surface area (Å²) in [4.78, 5) is 1.51. The summed E-state index contributed by atoms with van der Waals surface area (Å²) in [5.74, 6) is 0.747. The molecule has 0 bridgehead atoms. The zero-order valence-electron chi connectivity index (χ0n) is 8.12. The van der Waals surface area contributed by atoms with Crippen molar-refractivity contribution in [2.24, 2.45) is 0 Å². The molecule has 0 unspecified atom stereocenters. The molecule has 0 spiro atoms. The van der Waals surface area contributed by atoms with Crippen molar-refractivity contribution in [1.82, 2.24) is 4.90 Å². The molecule has 0 heterocycles. The molecule has 4 heteroatoms. The smallest absolute Gasteiger partial charge is 0.179 e. The lowest BCUT2D eigenvalue weighted by molar-refractivity contribution is 0.394. The lowest BCUT2D eigenvalue weighted by Gasteiger charge is -2.12. The molecule has 0 aliphatic carbocycles. The highest BCUT2D eigenvalue weighted by Gasteiger charge is 2.05. The van der Waals surface area contributed by atoms with Crippen LogP contribution in [0.15, 0.2) is 18.2 Å². The normalized spacial score (nSPS) is 9.29. The van der Waals surface area contributed by atoms with Gasteiger partial charge in [-0.15, -0.1) is 0 Å². The number of nitrogens with zero attached hydrogens (tertiary/aromatic N) is 2. The van der Waals surface area contributed by atoms with Crippen LogP contribution in [0.5, 0.6) is 5.75 Å². The maximum absolute atomic E-state index is 8.63. The molecule has 1 rings (SSSR count). The van der Waals surface area contributed by atoms with Gasteiger partial charge in [0.2, 0.25) is 0 Å². The molecule has 1 aromatic carbocycles. The number of benzene rings is 1. The second kappa shape index (κ2) is 4.73. The van der Waals surface area contributed by atoms with Crippen molar-refractivity contribution >= 4 is 11.6 Å². The van der Waals surface area contributed by atoms with Crippen LogP contribution in [0.4, 0.5) is 0 Å². The first-order valence-electron chi connectivity index (χ1n) is 4.10. The van der Waals surface area contributed by atoms with Crippen LogP contribution in [0.2, 0.25) is 5.02 Å². The second-order valence-electron chi connectivity index (χ2n) is 2.91. The van der Waals surface area contributed by atoms with E-state index in [9.17, 15) is 0 Å². The highest BCUT2D eigenvalue weighted by Crippen LogP contribution is 2.23. The van der Waals surface area contributed by atoms with Gasteiger partial charge < -0.3 is 9.64 Å². The summed E-state index contributed by atoms with van der Waals surface area (Å²) in [5.41, 5.74) is 0.907. The fraction of sp³-hybridized carbons (Fsp3) is 0.300. The molecule has 0 N–H and O–H groups in total. The summed E-state index contributed by atoms with van der Waals surface area (Å²) in [6.07, 6.45) is 2.02. The standard InChI is InChI=1S/C10H11ClN2O/c1-13(7-12)6-8-5-9(11)3-4-10(8)14-2/h3-5H,6H2,1-2H3. The largest absolute Gasteiger partial charge is 0.496 e. The number of hydrogen-bond acceptors (Lipinski definition) is 3. The first-order valence-corrected chi connectivity index (χ1v) is 4.48.